The molecule has 5 heteroatoms. The summed E-state index contributed by atoms with van der Waals surface area (Å²) in [7, 11) is 4.03. The van der Waals surface area contributed by atoms with Crippen molar-refractivity contribution in [3.63, 3.8) is 0 Å². The van der Waals surface area contributed by atoms with Crippen LogP contribution >= 0.6 is 0 Å². The van der Waals surface area contributed by atoms with Crippen molar-refractivity contribution in [2.45, 2.75) is 45.6 Å². The fourth-order valence-electron chi connectivity index (χ4n) is 3.25. The number of nitrogens with zero attached hydrogens (tertiary/aromatic N) is 4. The van der Waals surface area contributed by atoms with Gasteiger partial charge in [-0.3, -0.25) is 4.99 Å². The average molecular weight is 305 g/mol. The summed E-state index contributed by atoms with van der Waals surface area (Å²) in [6.45, 7) is 5.43. The number of hydrogen-bond donors (Lipinski definition) is 1. The molecule has 0 radical (unpaired) electrons. The summed E-state index contributed by atoms with van der Waals surface area (Å²) < 4.78 is 2.11. The summed E-state index contributed by atoms with van der Waals surface area (Å²) >= 11 is 0. The van der Waals surface area contributed by atoms with Crippen molar-refractivity contribution >= 4 is 5.96 Å². The van der Waals surface area contributed by atoms with E-state index in [1.165, 1.54) is 25.7 Å². The molecule has 0 atom stereocenters. The minimum Gasteiger partial charge on any atom is -0.356 e. The second-order valence-electron chi connectivity index (χ2n) is 6.63. The molecule has 0 unspecified atom stereocenters. The molecule has 2 rings (SSSR count). The summed E-state index contributed by atoms with van der Waals surface area (Å²) in [4.78, 5) is 10.8. The van der Waals surface area contributed by atoms with Crippen LogP contribution in [0, 0.1) is 11.8 Å². The molecule has 1 aromatic rings. The van der Waals surface area contributed by atoms with Gasteiger partial charge < -0.3 is 14.8 Å². The third kappa shape index (κ3) is 5.35. The summed E-state index contributed by atoms with van der Waals surface area (Å²) in [5.74, 6) is 2.76. The minimum atomic E-state index is 0.825. The number of nitrogens with one attached hydrogen (secondary N) is 1. The standard InChI is InChI=1S/C17H31N5/c1-15-5-7-16(8-6-15)13-21(3)17(18-2)20-9-4-11-22-12-10-19-14-22/h10,12,14-16H,4-9,11,13H2,1-3H3,(H,18,20). The number of hydrogen-bond acceptors (Lipinski definition) is 2. The van der Waals surface area contributed by atoms with Crippen molar-refractivity contribution in [1.29, 1.82) is 0 Å². The van der Waals surface area contributed by atoms with Crippen LogP contribution in [0.1, 0.15) is 39.0 Å². The van der Waals surface area contributed by atoms with Gasteiger partial charge in [0.2, 0.25) is 0 Å². The minimum absolute atomic E-state index is 0.825. The van der Waals surface area contributed by atoms with E-state index < -0.39 is 0 Å². The van der Waals surface area contributed by atoms with Gasteiger partial charge in [-0.05, 0) is 31.1 Å². The first-order valence-corrected chi connectivity index (χ1v) is 8.56. The molecular formula is C17H31N5. The third-order valence-corrected chi connectivity index (χ3v) is 4.68. The van der Waals surface area contributed by atoms with E-state index in [0.29, 0.717) is 0 Å². The zero-order valence-electron chi connectivity index (χ0n) is 14.3. The maximum absolute atomic E-state index is 4.42. The Bertz CT molecular complexity index is 432. The van der Waals surface area contributed by atoms with Crippen LogP contribution < -0.4 is 5.32 Å². The fraction of sp³-hybridized carbons (Fsp3) is 0.765. The largest absolute Gasteiger partial charge is 0.356 e. The van der Waals surface area contributed by atoms with Gasteiger partial charge in [-0.1, -0.05) is 19.8 Å². The first-order chi connectivity index (χ1) is 10.7. The second-order valence-corrected chi connectivity index (χ2v) is 6.63. The van der Waals surface area contributed by atoms with Crippen molar-refractivity contribution in [3.05, 3.63) is 18.7 Å². The Labute approximate surface area is 134 Å². The van der Waals surface area contributed by atoms with Crippen molar-refractivity contribution in [2.24, 2.45) is 16.8 Å². The molecule has 1 heterocycles. The number of guanidine groups is 1. The lowest BCUT2D eigenvalue weighted by Crippen LogP contribution is -2.42. The van der Waals surface area contributed by atoms with Crippen LogP contribution in [0.3, 0.4) is 0 Å². The lowest BCUT2D eigenvalue weighted by Gasteiger charge is -2.31. The molecule has 0 bridgehead atoms. The Morgan fingerprint density at radius 1 is 1.36 bits per heavy atom. The summed E-state index contributed by atoms with van der Waals surface area (Å²) in [5, 5.41) is 3.47. The van der Waals surface area contributed by atoms with E-state index in [1.54, 1.807) is 0 Å². The van der Waals surface area contributed by atoms with E-state index in [0.717, 1.165) is 43.9 Å². The summed E-state index contributed by atoms with van der Waals surface area (Å²) in [6.07, 6.45) is 12.3. The van der Waals surface area contributed by atoms with Gasteiger partial charge in [0.25, 0.3) is 0 Å². The van der Waals surface area contributed by atoms with Gasteiger partial charge in [-0.2, -0.15) is 0 Å². The molecule has 0 aliphatic heterocycles. The molecule has 1 N–H and O–H groups in total. The van der Waals surface area contributed by atoms with E-state index in [4.69, 9.17) is 0 Å². The molecule has 5 nitrogen and oxygen atoms in total. The van der Waals surface area contributed by atoms with Gasteiger partial charge in [0, 0.05) is 46.1 Å². The molecule has 0 saturated heterocycles. The van der Waals surface area contributed by atoms with Gasteiger partial charge in [0.15, 0.2) is 5.96 Å². The van der Waals surface area contributed by atoms with Crippen LogP contribution in [0.2, 0.25) is 0 Å². The van der Waals surface area contributed by atoms with Crippen LogP contribution in [0.15, 0.2) is 23.7 Å². The van der Waals surface area contributed by atoms with Gasteiger partial charge in [-0.25, -0.2) is 4.98 Å². The number of aryl methyl sites for hydroxylation is 1. The van der Waals surface area contributed by atoms with Gasteiger partial charge in [-0.15, -0.1) is 0 Å². The zero-order chi connectivity index (χ0) is 15.8. The van der Waals surface area contributed by atoms with E-state index in [2.05, 4.69) is 38.7 Å². The Balaban J connectivity index is 1.66. The Hall–Kier alpha value is -1.52. The second kappa shape index (κ2) is 8.81. The van der Waals surface area contributed by atoms with Gasteiger partial charge in [0.1, 0.15) is 0 Å². The molecule has 1 fully saturated rings. The van der Waals surface area contributed by atoms with Crippen molar-refractivity contribution in [3.8, 4) is 0 Å². The number of aromatic nitrogens is 2. The third-order valence-electron chi connectivity index (χ3n) is 4.68. The Kier molecular flexibility index (Phi) is 6.74. The highest BCUT2D eigenvalue weighted by atomic mass is 15.3. The summed E-state index contributed by atoms with van der Waals surface area (Å²) in [5.41, 5.74) is 0. The predicted octanol–water partition coefficient (Wildman–Crippen LogP) is 2.61. The first-order valence-electron chi connectivity index (χ1n) is 8.56. The molecule has 0 aromatic carbocycles. The molecule has 1 aliphatic carbocycles. The van der Waals surface area contributed by atoms with Crippen molar-refractivity contribution in [2.75, 3.05) is 27.2 Å². The van der Waals surface area contributed by atoms with Crippen molar-refractivity contribution < 1.29 is 0 Å². The maximum Gasteiger partial charge on any atom is 0.193 e. The molecule has 1 saturated carbocycles. The summed E-state index contributed by atoms with van der Waals surface area (Å²) in [6, 6.07) is 0. The highest BCUT2D eigenvalue weighted by molar-refractivity contribution is 5.79. The maximum atomic E-state index is 4.42. The molecular weight excluding hydrogens is 274 g/mol. The van der Waals surface area contributed by atoms with Crippen LogP contribution in [0.4, 0.5) is 0 Å². The SMILES string of the molecule is CN=C(NCCCn1ccnc1)N(C)CC1CCC(C)CC1. The lowest BCUT2D eigenvalue weighted by molar-refractivity contribution is 0.250. The van der Waals surface area contributed by atoms with Crippen LogP contribution in [-0.2, 0) is 6.54 Å². The van der Waals surface area contributed by atoms with E-state index in [1.807, 2.05) is 25.8 Å². The predicted molar refractivity (Wildman–Crippen MR) is 92.0 cm³/mol. The van der Waals surface area contributed by atoms with Gasteiger partial charge in [0.05, 0.1) is 6.33 Å². The Morgan fingerprint density at radius 2 is 2.14 bits per heavy atom. The zero-order valence-corrected chi connectivity index (χ0v) is 14.3. The van der Waals surface area contributed by atoms with Crippen molar-refractivity contribution in [1.82, 2.24) is 19.8 Å². The molecule has 124 valence electrons. The van der Waals surface area contributed by atoms with E-state index in [9.17, 15) is 0 Å². The first kappa shape index (κ1) is 16.8. The van der Waals surface area contributed by atoms with Crippen LogP contribution in [0.25, 0.3) is 0 Å². The normalized spacial score (nSPS) is 22.6. The van der Waals surface area contributed by atoms with Crippen LogP contribution in [0.5, 0.6) is 0 Å². The smallest absolute Gasteiger partial charge is 0.193 e. The highest BCUT2D eigenvalue weighted by Crippen LogP contribution is 2.28. The number of aliphatic imine (C=N–C) groups is 1. The quantitative estimate of drug-likeness (QED) is 0.499. The molecule has 0 amide bonds. The monoisotopic (exact) mass is 305 g/mol. The van der Waals surface area contributed by atoms with Crippen LogP contribution in [-0.4, -0.2) is 47.6 Å². The van der Waals surface area contributed by atoms with E-state index in [-0.39, 0.29) is 0 Å². The molecule has 1 aliphatic rings. The van der Waals surface area contributed by atoms with Gasteiger partial charge >= 0.3 is 0 Å². The van der Waals surface area contributed by atoms with E-state index >= 15 is 0 Å². The Morgan fingerprint density at radius 3 is 2.77 bits per heavy atom. The average Bonchev–Trinajstić information content (AvgIpc) is 3.03. The number of imidazole rings is 1. The highest BCUT2D eigenvalue weighted by Gasteiger charge is 2.20. The molecule has 0 spiro atoms. The fourth-order valence-corrected chi connectivity index (χ4v) is 3.25. The molecule has 22 heavy (non-hydrogen) atoms. The topological polar surface area (TPSA) is 45.5 Å². The number of rotatable bonds is 6. The lowest BCUT2D eigenvalue weighted by atomic mass is 9.83. The molecule has 1 aromatic heterocycles.